The van der Waals surface area contributed by atoms with E-state index in [0.29, 0.717) is 0 Å². The zero-order valence-corrected chi connectivity index (χ0v) is 10.2. The fraction of sp³-hybridized carbons (Fsp3) is 0.364. The summed E-state index contributed by atoms with van der Waals surface area (Å²) >= 11 is 1.56. The number of nitrogens with zero attached hydrogens (tertiary/aromatic N) is 3. The molecule has 0 unspecified atom stereocenters. The number of rotatable bonds is 4. The smallest absolute Gasteiger partial charge is 0.173 e. The Balaban J connectivity index is 2.41. The van der Waals surface area contributed by atoms with Crippen LogP contribution in [0.15, 0.2) is 17.8 Å². The molecule has 0 aliphatic rings. The molecule has 0 aliphatic heterocycles. The summed E-state index contributed by atoms with van der Waals surface area (Å²) in [5, 5.41) is 3.22. The van der Waals surface area contributed by atoms with Crippen LogP contribution in [0, 0.1) is 0 Å². The maximum atomic E-state index is 4.50. The average molecular weight is 234 g/mol. The summed E-state index contributed by atoms with van der Waals surface area (Å²) in [6, 6.07) is 1.99. The normalized spacial score (nSPS) is 10.4. The number of hydrogen-bond donors (Lipinski definition) is 1. The van der Waals surface area contributed by atoms with Crippen LogP contribution in [0.25, 0.3) is 10.7 Å². The fourth-order valence-electron chi connectivity index (χ4n) is 1.39. The molecule has 84 valence electrons. The lowest BCUT2D eigenvalue weighted by Gasteiger charge is -2.06. The van der Waals surface area contributed by atoms with Crippen LogP contribution >= 0.6 is 11.3 Å². The molecule has 0 saturated heterocycles. The summed E-state index contributed by atoms with van der Waals surface area (Å²) < 4.78 is 0. The van der Waals surface area contributed by atoms with Crippen LogP contribution < -0.4 is 5.32 Å². The van der Waals surface area contributed by atoms with Crippen molar-refractivity contribution in [3.63, 3.8) is 0 Å². The van der Waals surface area contributed by atoms with E-state index in [9.17, 15) is 0 Å². The van der Waals surface area contributed by atoms with Crippen molar-refractivity contribution in [1.82, 2.24) is 15.0 Å². The molecule has 2 aromatic rings. The van der Waals surface area contributed by atoms with E-state index in [1.165, 1.54) is 0 Å². The second-order valence-corrected chi connectivity index (χ2v) is 4.20. The van der Waals surface area contributed by atoms with E-state index in [-0.39, 0.29) is 0 Å². The number of thiazole rings is 1. The summed E-state index contributed by atoms with van der Waals surface area (Å²) in [6.07, 6.45) is 2.71. The largest absolute Gasteiger partial charge is 0.370 e. The number of aromatic nitrogens is 3. The molecule has 4 nitrogen and oxygen atoms in total. The number of hydrogen-bond acceptors (Lipinski definition) is 5. The summed E-state index contributed by atoms with van der Waals surface area (Å²) in [7, 11) is 0. The molecule has 0 aliphatic carbocycles. The summed E-state index contributed by atoms with van der Waals surface area (Å²) in [4.78, 5) is 14.0. The van der Waals surface area contributed by atoms with Crippen molar-refractivity contribution in [3.05, 3.63) is 23.5 Å². The van der Waals surface area contributed by atoms with Gasteiger partial charge in [0.1, 0.15) is 5.82 Å². The highest BCUT2D eigenvalue weighted by molar-refractivity contribution is 7.13. The summed E-state index contributed by atoms with van der Waals surface area (Å²) in [5.41, 5.74) is 2.85. The lowest BCUT2D eigenvalue weighted by Crippen LogP contribution is -2.03. The van der Waals surface area contributed by atoms with Gasteiger partial charge in [-0.3, -0.25) is 4.98 Å². The lowest BCUT2D eigenvalue weighted by molar-refractivity contribution is 1.00. The van der Waals surface area contributed by atoms with Gasteiger partial charge in [0.2, 0.25) is 0 Å². The Morgan fingerprint density at radius 2 is 2.19 bits per heavy atom. The van der Waals surface area contributed by atoms with Crippen LogP contribution in [0.5, 0.6) is 0 Å². The third kappa shape index (κ3) is 2.36. The van der Waals surface area contributed by atoms with Gasteiger partial charge in [0.25, 0.3) is 0 Å². The molecule has 0 fully saturated rings. The molecule has 5 heteroatoms. The summed E-state index contributed by atoms with van der Waals surface area (Å²) in [6.45, 7) is 5.01. The first kappa shape index (κ1) is 11.0. The van der Waals surface area contributed by atoms with Gasteiger partial charge in [0.15, 0.2) is 5.82 Å². The minimum absolute atomic E-state index is 0.762. The Bertz CT molecular complexity index is 453. The molecule has 0 bridgehead atoms. The standard InChI is InChI=1S/C11H14N4S/c1-3-8-5-10(13-4-2)15-11(14-8)9-6-12-7-16-9/h5-7H,3-4H2,1-2H3,(H,13,14,15). The molecule has 0 amide bonds. The first-order valence-corrected chi connectivity index (χ1v) is 6.22. The third-order valence-electron chi connectivity index (χ3n) is 2.15. The van der Waals surface area contributed by atoms with Gasteiger partial charge in [-0.2, -0.15) is 0 Å². The highest BCUT2D eigenvalue weighted by atomic mass is 32.1. The molecule has 0 spiro atoms. The van der Waals surface area contributed by atoms with Gasteiger partial charge < -0.3 is 5.32 Å². The Kier molecular flexibility index (Phi) is 3.46. The van der Waals surface area contributed by atoms with Crippen LogP contribution in [-0.2, 0) is 6.42 Å². The van der Waals surface area contributed by atoms with Crippen LogP contribution in [0.2, 0.25) is 0 Å². The minimum Gasteiger partial charge on any atom is -0.370 e. The van der Waals surface area contributed by atoms with E-state index in [0.717, 1.165) is 35.2 Å². The molecule has 0 radical (unpaired) electrons. The monoisotopic (exact) mass is 234 g/mol. The van der Waals surface area contributed by atoms with E-state index >= 15 is 0 Å². The van der Waals surface area contributed by atoms with Crippen molar-refractivity contribution in [1.29, 1.82) is 0 Å². The Morgan fingerprint density at radius 3 is 2.81 bits per heavy atom. The van der Waals surface area contributed by atoms with Crippen LogP contribution in [0.3, 0.4) is 0 Å². The van der Waals surface area contributed by atoms with Crippen molar-refractivity contribution >= 4 is 17.2 Å². The molecule has 0 saturated carbocycles. The number of nitrogens with one attached hydrogen (secondary N) is 1. The minimum atomic E-state index is 0.762. The molecule has 2 rings (SSSR count). The maximum absolute atomic E-state index is 4.50. The van der Waals surface area contributed by atoms with Crippen LogP contribution in [-0.4, -0.2) is 21.5 Å². The molecule has 16 heavy (non-hydrogen) atoms. The average Bonchev–Trinajstić information content (AvgIpc) is 2.82. The molecule has 0 atom stereocenters. The van der Waals surface area contributed by atoms with Crippen molar-refractivity contribution < 1.29 is 0 Å². The second kappa shape index (κ2) is 5.03. The molecular weight excluding hydrogens is 220 g/mol. The van der Waals surface area contributed by atoms with Crippen molar-refractivity contribution in [3.8, 4) is 10.7 Å². The van der Waals surface area contributed by atoms with Crippen molar-refractivity contribution in [2.45, 2.75) is 20.3 Å². The highest BCUT2D eigenvalue weighted by Gasteiger charge is 2.06. The topological polar surface area (TPSA) is 50.7 Å². The Labute approximate surface area is 98.8 Å². The van der Waals surface area contributed by atoms with E-state index in [2.05, 4.69) is 34.1 Å². The molecule has 0 aromatic carbocycles. The van der Waals surface area contributed by atoms with Crippen molar-refractivity contribution in [2.24, 2.45) is 0 Å². The summed E-state index contributed by atoms with van der Waals surface area (Å²) in [5.74, 6) is 1.65. The first-order chi connectivity index (χ1) is 7.83. The van der Waals surface area contributed by atoms with Crippen LogP contribution in [0.1, 0.15) is 19.5 Å². The number of aryl methyl sites for hydroxylation is 1. The first-order valence-electron chi connectivity index (χ1n) is 5.34. The Morgan fingerprint density at radius 1 is 1.31 bits per heavy atom. The van der Waals surface area contributed by atoms with Gasteiger partial charge in [-0.05, 0) is 13.3 Å². The van der Waals surface area contributed by atoms with E-state index in [1.807, 2.05) is 6.07 Å². The lowest BCUT2D eigenvalue weighted by atomic mass is 10.3. The Hall–Kier alpha value is -1.49. The molecule has 2 aromatic heterocycles. The third-order valence-corrected chi connectivity index (χ3v) is 2.92. The SMILES string of the molecule is CCNc1cc(CC)nc(-c2cncs2)n1. The fourth-order valence-corrected chi connectivity index (χ4v) is 1.94. The molecule has 1 N–H and O–H groups in total. The zero-order valence-electron chi connectivity index (χ0n) is 9.40. The zero-order chi connectivity index (χ0) is 11.4. The van der Waals surface area contributed by atoms with E-state index in [1.54, 1.807) is 23.0 Å². The van der Waals surface area contributed by atoms with E-state index in [4.69, 9.17) is 0 Å². The maximum Gasteiger partial charge on any atom is 0.173 e. The van der Waals surface area contributed by atoms with Crippen molar-refractivity contribution in [2.75, 3.05) is 11.9 Å². The quantitative estimate of drug-likeness (QED) is 0.883. The second-order valence-electron chi connectivity index (χ2n) is 3.32. The molecular formula is C11H14N4S. The van der Waals surface area contributed by atoms with Gasteiger partial charge in [-0.25, -0.2) is 9.97 Å². The van der Waals surface area contributed by atoms with Gasteiger partial charge in [-0.1, -0.05) is 6.92 Å². The predicted molar refractivity (Wildman–Crippen MR) is 66.7 cm³/mol. The van der Waals surface area contributed by atoms with Crippen LogP contribution in [0.4, 0.5) is 5.82 Å². The van der Waals surface area contributed by atoms with Gasteiger partial charge >= 0.3 is 0 Å². The van der Waals surface area contributed by atoms with Gasteiger partial charge in [-0.15, -0.1) is 11.3 Å². The highest BCUT2D eigenvalue weighted by Crippen LogP contribution is 2.21. The van der Waals surface area contributed by atoms with Gasteiger partial charge in [0, 0.05) is 24.5 Å². The molecule has 2 heterocycles. The predicted octanol–water partition coefficient (Wildman–Crippen LogP) is 2.59. The van der Waals surface area contributed by atoms with Gasteiger partial charge in [0.05, 0.1) is 10.4 Å². The number of anilines is 1. The van der Waals surface area contributed by atoms with E-state index < -0.39 is 0 Å².